The van der Waals surface area contributed by atoms with E-state index in [1.165, 1.54) is 0 Å². The van der Waals surface area contributed by atoms with E-state index < -0.39 is 0 Å². The van der Waals surface area contributed by atoms with Gasteiger partial charge in [-0.05, 0) is 20.8 Å². The van der Waals surface area contributed by atoms with Gasteiger partial charge in [-0.1, -0.05) is 0 Å². The van der Waals surface area contributed by atoms with Crippen LogP contribution in [0, 0.1) is 0 Å². The van der Waals surface area contributed by atoms with Crippen molar-refractivity contribution in [2.24, 2.45) is 0 Å². The smallest absolute Gasteiger partial charge is 0.247 e. The molecule has 0 bridgehead atoms. The number of carbonyl (C=O) groups is 1. The van der Waals surface area contributed by atoms with Gasteiger partial charge in [0.2, 0.25) is 0 Å². The third-order valence-electron chi connectivity index (χ3n) is 1.77. The third-order valence-corrected chi connectivity index (χ3v) is 1.77. The van der Waals surface area contributed by atoms with E-state index in [1.54, 1.807) is 17.7 Å². The van der Waals surface area contributed by atoms with Crippen molar-refractivity contribution >= 4 is 5.91 Å². The Kier molecular flexibility index (Phi) is 2.04. The largest absolute Gasteiger partial charge is 0.310 e. The van der Waals surface area contributed by atoms with Crippen LogP contribution in [0.5, 0.6) is 0 Å². The molecule has 0 fully saturated rings. The van der Waals surface area contributed by atoms with Crippen LogP contribution in [0.1, 0.15) is 32.5 Å². The van der Waals surface area contributed by atoms with Crippen LogP contribution in [-0.2, 0) is 5.54 Å². The number of hydrogen-bond acceptors (Lipinski definition) is 1. The average molecular weight is 167 g/mol. The van der Waals surface area contributed by atoms with E-state index in [4.69, 9.17) is 0 Å². The molecule has 3 nitrogen and oxygen atoms in total. The molecule has 0 spiro atoms. The summed E-state index contributed by atoms with van der Waals surface area (Å²) >= 11 is 0. The Morgan fingerprint density at radius 2 is 2.00 bits per heavy atom. The summed E-state index contributed by atoms with van der Waals surface area (Å²) in [6.07, 6.45) is 5.48. The van der Waals surface area contributed by atoms with Crippen molar-refractivity contribution in [1.29, 1.82) is 0 Å². The van der Waals surface area contributed by atoms with E-state index in [0.717, 1.165) is 0 Å². The molecule has 0 aliphatic rings. The van der Waals surface area contributed by atoms with Crippen LogP contribution in [-0.4, -0.2) is 10.5 Å². The molecule has 0 N–H and O–H groups in total. The first-order chi connectivity index (χ1) is 5.41. The van der Waals surface area contributed by atoms with Gasteiger partial charge < -0.3 is 0 Å². The minimum atomic E-state index is 0.0398. The van der Waals surface area contributed by atoms with Gasteiger partial charge in [-0.15, -0.1) is 0 Å². The second kappa shape index (κ2) is 2.73. The van der Waals surface area contributed by atoms with Crippen molar-refractivity contribution < 1.29 is 9.36 Å². The molecular formula is C9H15N2O+. The molecule has 1 heterocycles. The van der Waals surface area contributed by atoms with Gasteiger partial charge in [0.1, 0.15) is 17.9 Å². The zero-order chi connectivity index (χ0) is 9.35. The summed E-state index contributed by atoms with van der Waals surface area (Å²) in [5, 5.41) is 0. The fourth-order valence-corrected chi connectivity index (χ4v) is 0.938. The van der Waals surface area contributed by atoms with Crippen LogP contribution >= 0.6 is 0 Å². The molecule has 66 valence electrons. The van der Waals surface area contributed by atoms with Crippen molar-refractivity contribution in [1.82, 2.24) is 4.57 Å². The lowest BCUT2D eigenvalue weighted by molar-refractivity contribution is -0.753. The molecule has 1 aromatic heterocycles. The normalized spacial score (nSPS) is 11.7. The van der Waals surface area contributed by atoms with Crippen LogP contribution < -0.4 is 4.57 Å². The third kappa shape index (κ3) is 1.72. The monoisotopic (exact) mass is 167 g/mol. The topological polar surface area (TPSA) is 25.9 Å². The lowest BCUT2D eigenvalue weighted by Crippen LogP contribution is -2.48. The highest BCUT2D eigenvalue weighted by Gasteiger charge is 2.19. The average Bonchev–Trinajstić information content (AvgIpc) is 2.30. The summed E-state index contributed by atoms with van der Waals surface area (Å²) in [6, 6.07) is 0. The Morgan fingerprint density at radius 3 is 2.25 bits per heavy atom. The summed E-state index contributed by atoms with van der Waals surface area (Å²) < 4.78 is 3.58. The summed E-state index contributed by atoms with van der Waals surface area (Å²) in [4.78, 5) is 10.9. The van der Waals surface area contributed by atoms with Gasteiger partial charge >= 0.3 is 5.91 Å². The Bertz CT molecular complexity index is 294. The Balaban J connectivity index is 3.00. The molecule has 0 saturated heterocycles. The quantitative estimate of drug-likeness (QED) is 0.533. The molecule has 0 aliphatic heterocycles. The molecule has 0 saturated carbocycles. The molecule has 0 amide bonds. The summed E-state index contributed by atoms with van der Waals surface area (Å²) in [6.45, 7) is 7.83. The first-order valence-corrected chi connectivity index (χ1v) is 4.02. The maximum absolute atomic E-state index is 10.9. The second-order valence-corrected chi connectivity index (χ2v) is 3.92. The molecule has 1 rings (SSSR count). The maximum Gasteiger partial charge on any atom is 0.310 e. The van der Waals surface area contributed by atoms with Crippen LogP contribution in [0.2, 0.25) is 0 Å². The van der Waals surface area contributed by atoms with Gasteiger partial charge in [0.05, 0.1) is 0 Å². The highest BCUT2D eigenvalue weighted by Crippen LogP contribution is 2.02. The lowest BCUT2D eigenvalue weighted by atomic mass is 10.1. The number of nitrogens with zero attached hydrogens (tertiary/aromatic N) is 2. The van der Waals surface area contributed by atoms with Gasteiger partial charge in [0.25, 0.3) is 6.33 Å². The molecule has 0 aliphatic carbocycles. The number of carbonyl (C=O) groups excluding carboxylic acids is 1. The first kappa shape index (κ1) is 8.97. The van der Waals surface area contributed by atoms with Gasteiger partial charge in [0.15, 0.2) is 0 Å². The molecule has 1 aromatic rings. The van der Waals surface area contributed by atoms with Gasteiger partial charge in [0, 0.05) is 6.92 Å². The Morgan fingerprint density at radius 1 is 1.42 bits per heavy atom. The zero-order valence-corrected chi connectivity index (χ0v) is 8.03. The predicted molar refractivity (Wildman–Crippen MR) is 45.9 cm³/mol. The molecule has 0 unspecified atom stereocenters. The fraction of sp³-hybridized carbons (Fsp3) is 0.556. The van der Waals surface area contributed by atoms with Crippen molar-refractivity contribution in [2.45, 2.75) is 33.2 Å². The Hall–Kier alpha value is -1.12. The van der Waals surface area contributed by atoms with E-state index >= 15 is 0 Å². The maximum atomic E-state index is 10.9. The summed E-state index contributed by atoms with van der Waals surface area (Å²) in [5.74, 6) is 0.0398. The minimum Gasteiger partial charge on any atom is -0.247 e. The Labute approximate surface area is 72.6 Å². The van der Waals surface area contributed by atoms with Crippen molar-refractivity contribution in [3.8, 4) is 0 Å². The molecule has 3 heteroatoms. The first-order valence-electron chi connectivity index (χ1n) is 4.02. The summed E-state index contributed by atoms with van der Waals surface area (Å²) in [5.41, 5.74) is 0.0424. The summed E-state index contributed by atoms with van der Waals surface area (Å²) in [7, 11) is 0. The number of imidazole rings is 1. The van der Waals surface area contributed by atoms with E-state index in [9.17, 15) is 4.79 Å². The fourth-order valence-electron chi connectivity index (χ4n) is 0.938. The molecular weight excluding hydrogens is 152 g/mol. The minimum absolute atomic E-state index is 0.0398. The van der Waals surface area contributed by atoms with E-state index in [-0.39, 0.29) is 11.4 Å². The van der Waals surface area contributed by atoms with Crippen LogP contribution in [0.25, 0.3) is 0 Å². The number of rotatable bonds is 0. The highest BCUT2D eigenvalue weighted by molar-refractivity contribution is 5.75. The standard InChI is InChI=1S/C9H15N2O/c1-8(12)10-5-6-11(7-10)9(2,3)4/h5-7H,1-4H3/q+1. The lowest BCUT2D eigenvalue weighted by Gasteiger charge is -2.13. The van der Waals surface area contributed by atoms with E-state index in [2.05, 4.69) is 20.8 Å². The molecule has 0 atom stereocenters. The highest BCUT2D eigenvalue weighted by atomic mass is 16.1. The molecule has 0 radical (unpaired) electrons. The SMILES string of the molecule is CC(=O)n1cc[n+](C(C)(C)C)c1. The second-order valence-electron chi connectivity index (χ2n) is 3.92. The molecule has 0 aromatic carbocycles. The predicted octanol–water partition coefficient (Wildman–Crippen LogP) is 1.19. The van der Waals surface area contributed by atoms with Gasteiger partial charge in [-0.2, -0.15) is 4.57 Å². The van der Waals surface area contributed by atoms with E-state index in [1.807, 2.05) is 17.1 Å². The number of aromatic nitrogens is 2. The van der Waals surface area contributed by atoms with Crippen molar-refractivity contribution in [3.05, 3.63) is 18.7 Å². The van der Waals surface area contributed by atoms with Crippen molar-refractivity contribution in [3.63, 3.8) is 0 Å². The van der Waals surface area contributed by atoms with E-state index in [0.29, 0.717) is 0 Å². The van der Waals surface area contributed by atoms with Gasteiger partial charge in [-0.3, -0.25) is 0 Å². The van der Waals surface area contributed by atoms with Crippen LogP contribution in [0.15, 0.2) is 18.7 Å². The van der Waals surface area contributed by atoms with Crippen molar-refractivity contribution in [2.75, 3.05) is 0 Å². The molecule has 12 heavy (non-hydrogen) atoms. The van der Waals surface area contributed by atoms with Crippen LogP contribution in [0.3, 0.4) is 0 Å². The zero-order valence-electron chi connectivity index (χ0n) is 8.03. The van der Waals surface area contributed by atoms with Crippen LogP contribution in [0.4, 0.5) is 0 Å². The number of hydrogen-bond donors (Lipinski definition) is 0. The van der Waals surface area contributed by atoms with Gasteiger partial charge in [-0.25, -0.2) is 9.36 Å².